The number of amides is 7. The Morgan fingerprint density at radius 2 is 0.718 bits per heavy atom. The smallest absolute Gasteiger partial charge is 0.410 e. The fourth-order valence-electron chi connectivity index (χ4n) is 15.8. The van der Waals surface area contributed by atoms with E-state index in [0.29, 0.717) is 142 Å². The van der Waals surface area contributed by atoms with Crippen molar-refractivity contribution in [1.29, 1.82) is 0 Å². The summed E-state index contributed by atoms with van der Waals surface area (Å²) in [5.74, 6) is -0.815. The van der Waals surface area contributed by atoms with Crippen molar-refractivity contribution in [3.05, 3.63) is 84.4 Å². The van der Waals surface area contributed by atoms with Gasteiger partial charge in [-0.1, -0.05) is 66.7 Å². The molecular formula is C92H145N9O22S. The van der Waals surface area contributed by atoms with Gasteiger partial charge in [-0.3, -0.25) is 28.8 Å². The first-order valence-corrected chi connectivity index (χ1v) is 44.5. The summed E-state index contributed by atoms with van der Waals surface area (Å²) in [5, 5.41) is 9.63. The molecular weight excluding hydrogens is 1620 g/mol. The maximum atomic E-state index is 12.6. The molecule has 8 fully saturated rings. The molecule has 2 spiro atoms. The van der Waals surface area contributed by atoms with E-state index in [1.54, 1.807) is 57.6 Å². The maximum absolute atomic E-state index is 12.6. The number of benzene rings is 2. The van der Waals surface area contributed by atoms with Gasteiger partial charge in [-0.05, 0) is 252 Å². The highest BCUT2D eigenvalue weighted by Crippen LogP contribution is 2.47. The van der Waals surface area contributed by atoms with E-state index in [2.05, 4.69) is 51.2 Å². The zero-order valence-electron chi connectivity index (χ0n) is 78.0. The summed E-state index contributed by atoms with van der Waals surface area (Å²) in [4.78, 5) is 151. The second kappa shape index (κ2) is 45.8. The highest BCUT2D eigenvalue weighted by Gasteiger charge is 2.52. The first kappa shape index (κ1) is 105. The lowest BCUT2D eigenvalue weighted by Gasteiger charge is -2.39. The lowest BCUT2D eigenvalue weighted by atomic mass is 9.75. The van der Waals surface area contributed by atoms with Crippen LogP contribution in [-0.2, 0) is 87.2 Å². The summed E-state index contributed by atoms with van der Waals surface area (Å²) in [7, 11) is 4.09. The largest absolute Gasteiger partial charge is 0.469 e. The Bertz CT molecular complexity index is 3850. The number of likely N-dealkylation sites (tertiary alicyclic amines) is 5. The SMILES string of the molecule is C=CCC1(C(=O)OC)CCN(C(=O)OC(C)(C)C)CC1.CC(C)(C)OC(=O)N1CCC2(CC1)CC(c1ccccc1)NC2=O.COC(=O)C1(CC=NS(=O)C(C)(C)C)CCN(C(=O)OC(C)(C)C)CC1.COC(=O)C1(CC=O)CCN(C(=O)OC(C)(C)C)CC1.COC(=O)C1CCN(C(=O)OC(C)(C)C)CC1.O=C1NC(c2ccccc2)CC12CCNCC2. The molecule has 8 aliphatic heterocycles. The predicted molar refractivity (Wildman–Crippen MR) is 471 cm³/mol. The number of carbonyl (C=O) groups is 12. The fourth-order valence-corrected chi connectivity index (χ4v) is 16.3. The van der Waals surface area contributed by atoms with Gasteiger partial charge in [-0.15, -0.1) is 6.58 Å². The number of rotatable bonds is 13. The number of aldehydes is 1. The summed E-state index contributed by atoms with van der Waals surface area (Å²) >= 11 is 0. The number of nitrogens with one attached hydrogen (secondary N) is 3. The lowest BCUT2D eigenvalue weighted by Crippen LogP contribution is -2.48. The number of hydrogen-bond acceptors (Lipinski definition) is 23. The number of nitrogens with zero attached hydrogens (tertiary/aromatic N) is 6. The molecule has 3 N–H and O–H groups in total. The maximum Gasteiger partial charge on any atom is 0.410 e. The summed E-state index contributed by atoms with van der Waals surface area (Å²) in [6, 6.07) is 20.7. The van der Waals surface area contributed by atoms with E-state index in [1.807, 2.05) is 140 Å². The highest BCUT2D eigenvalue weighted by atomic mass is 32.2. The topological polar surface area (TPSA) is 370 Å². The van der Waals surface area contributed by atoms with Crippen molar-refractivity contribution in [2.45, 2.75) is 279 Å². The van der Waals surface area contributed by atoms with Crippen LogP contribution in [-0.4, -0.2) is 247 Å². The third kappa shape index (κ3) is 32.3. The molecule has 0 aromatic heterocycles. The minimum absolute atomic E-state index is 0.0757. The Balaban J connectivity index is 0.000000266. The Labute approximate surface area is 738 Å². The number of ether oxygens (including phenoxy) is 9. The molecule has 8 saturated heterocycles. The van der Waals surface area contributed by atoms with E-state index in [1.165, 1.54) is 34.0 Å². The van der Waals surface area contributed by atoms with Crippen LogP contribution in [0.1, 0.15) is 257 Å². The molecule has 0 saturated carbocycles. The number of carbonyl (C=O) groups excluding carboxylic acids is 12. The molecule has 10 rings (SSSR count). The molecule has 696 valence electrons. The lowest BCUT2D eigenvalue weighted by molar-refractivity contribution is -0.157. The summed E-state index contributed by atoms with van der Waals surface area (Å²) in [6.45, 7) is 43.5. The third-order valence-corrected chi connectivity index (χ3v) is 24.3. The molecule has 2 aromatic carbocycles. The van der Waals surface area contributed by atoms with Crippen LogP contribution in [0.5, 0.6) is 0 Å². The zero-order valence-corrected chi connectivity index (χ0v) is 78.8. The van der Waals surface area contributed by atoms with Crippen molar-refractivity contribution in [1.82, 2.24) is 40.4 Å². The molecule has 0 bridgehead atoms. The van der Waals surface area contributed by atoms with Gasteiger partial charge in [0.2, 0.25) is 11.8 Å². The van der Waals surface area contributed by atoms with Crippen LogP contribution in [0.25, 0.3) is 0 Å². The molecule has 0 aliphatic carbocycles. The first-order valence-electron chi connectivity index (χ1n) is 43.4. The van der Waals surface area contributed by atoms with Crippen molar-refractivity contribution >= 4 is 89.6 Å². The van der Waals surface area contributed by atoms with Gasteiger partial charge < -0.3 is 87.9 Å². The van der Waals surface area contributed by atoms with Crippen molar-refractivity contribution in [2.75, 3.05) is 107 Å². The third-order valence-electron chi connectivity index (χ3n) is 22.9. The van der Waals surface area contributed by atoms with Crippen molar-refractivity contribution < 1.29 is 104 Å². The van der Waals surface area contributed by atoms with Crippen LogP contribution in [0.2, 0.25) is 0 Å². The van der Waals surface area contributed by atoms with E-state index in [-0.39, 0.29) is 101 Å². The molecule has 7 amide bonds. The number of hydrogen-bond donors (Lipinski definition) is 3. The summed E-state index contributed by atoms with van der Waals surface area (Å²) < 4.78 is 61.8. The number of piperidine rings is 6. The van der Waals surface area contributed by atoms with Crippen LogP contribution >= 0.6 is 0 Å². The second-order valence-electron chi connectivity index (χ2n) is 39.3. The molecule has 8 aliphatic rings. The predicted octanol–water partition coefficient (Wildman–Crippen LogP) is 14.3. The second-order valence-corrected chi connectivity index (χ2v) is 41.2. The van der Waals surface area contributed by atoms with E-state index < -0.39 is 60.0 Å². The van der Waals surface area contributed by atoms with E-state index in [4.69, 9.17) is 42.6 Å². The zero-order chi connectivity index (χ0) is 93.1. The summed E-state index contributed by atoms with van der Waals surface area (Å²) in [5.41, 5.74) is -2.74. The first-order chi connectivity index (χ1) is 57.7. The van der Waals surface area contributed by atoms with Gasteiger partial charge in [0.05, 0.1) is 78.3 Å². The van der Waals surface area contributed by atoms with Crippen LogP contribution in [0, 0.1) is 33.0 Å². The van der Waals surface area contributed by atoms with Crippen LogP contribution in [0.4, 0.5) is 24.0 Å². The molecule has 3 unspecified atom stereocenters. The Kier molecular flexibility index (Phi) is 38.9. The Morgan fingerprint density at radius 1 is 0.427 bits per heavy atom. The fraction of sp³-hybridized carbons (Fsp3) is 0.707. The normalized spacial score (nSPS) is 20.6. The van der Waals surface area contributed by atoms with Gasteiger partial charge >= 0.3 is 54.3 Å². The minimum Gasteiger partial charge on any atom is -0.469 e. The average Bonchev–Trinajstić information content (AvgIpc) is 1.64. The summed E-state index contributed by atoms with van der Waals surface area (Å²) in [6.07, 6.45) is 12.7. The highest BCUT2D eigenvalue weighted by molar-refractivity contribution is 7.85. The molecule has 0 radical (unpaired) electrons. The van der Waals surface area contributed by atoms with Gasteiger partial charge in [0.15, 0.2) is 0 Å². The van der Waals surface area contributed by atoms with Crippen molar-refractivity contribution in [3.8, 4) is 0 Å². The number of esters is 4. The minimum atomic E-state index is -1.37. The van der Waals surface area contributed by atoms with Gasteiger partial charge in [-0.25, -0.2) is 28.2 Å². The molecule has 2 aromatic rings. The van der Waals surface area contributed by atoms with Gasteiger partial charge in [-0.2, -0.15) is 4.40 Å². The average molecular weight is 1760 g/mol. The molecule has 31 nitrogen and oxygen atoms in total. The quantitative estimate of drug-likeness (QED) is 0.0551. The van der Waals surface area contributed by atoms with Gasteiger partial charge in [0.25, 0.3) is 0 Å². The number of allylic oxidation sites excluding steroid dienone is 1. The molecule has 124 heavy (non-hydrogen) atoms. The molecule has 3 atom stereocenters. The van der Waals surface area contributed by atoms with E-state index >= 15 is 0 Å². The van der Waals surface area contributed by atoms with Crippen LogP contribution in [0.15, 0.2) is 77.7 Å². The van der Waals surface area contributed by atoms with E-state index in [9.17, 15) is 61.7 Å². The Hall–Kier alpha value is -9.20. The standard InChI is InChI=1S/C19H26N2O3.C18H32N2O5S.C15H25NO4.C14H18N2O.C14H23NO5.C12H21NO4/c1-18(2,3)24-17(23)21-11-9-19(10-12-21)13-15(20-16(19)22)14-7-5-4-6-8-14;1-16(2,3)25-15(22)20-12-9-18(10-13-20,14(21)24-7)8-11-19-26(23)17(4,5)6;1-6-7-15(12(17)19-5)8-10-16(11-9-15)13(18)20-14(2,3)4;17-13-14(6-8-15-9-7-14)10-12(16-13)11-4-2-1-3-5-11;1-13(2,3)20-12(18)15-8-5-14(6-9-15,7-10-16)11(17)19-4;1-12(2,3)17-11(15)13-7-5-9(6-8-13)10(14)16-4/h4-8,15H,9-13H2,1-3H3,(H,20,22);11H,8-10,12-13H2,1-7H3;6H,1,7-11H2,2-5H3;1-5,12,15H,6-10H2,(H,16,17);10H,5-9H2,1-4H3;9H,5-8H2,1-4H3. The molecule has 32 heteroatoms. The van der Waals surface area contributed by atoms with Gasteiger partial charge in [0.1, 0.15) is 45.3 Å². The molecule has 8 heterocycles. The van der Waals surface area contributed by atoms with Crippen molar-refractivity contribution in [3.63, 3.8) is 0 Å². The van der Waals surface area contributed by atoms with Crippen molar-refractivity contribution in [2.24, 2.45) is 37.4 Å². The monoisotopic (exact) mass is 1760 g/mol. The van der Waals surface area contributed by atoms with E-state index in [0.717, 1.165) is 50.6 Å². The van der Waals surface area contributed by atoms with Crippen LogP contribution in [0.3, 0.4) is 0 Å². The number of methoxy groups -OCH3 is 4. The van der Waals surface area contributed by atoms with Gasteiger partial charge in [0, 0.05) is 78.1 Å². The Morgan fingerprint density at radius 3 is 1.00 bits per heavy atom. The van der Waals surface area contributed by atoms with Crippen LogP contribution < -0.4 is 16.0 Å².